The molecule has 6 aromatic rings. The first kappa shape index (κ1) is 54.0. The van der Waals surface area contributed by atoms with Gasteiger partial charge in [-0.3, -0.25) is 24.5 Å². The van der Waals surface area contributed by atoms with Crippen molar-refractivity contribution in [2.24, 2.45) is 18.9 Å². The number of nitrogens with one attached hydrogen (secondary N) is 1. The van der Waals surface area contributed by atoms with Crippen LogP contribution in [-0.4, -0.2) is 137 Å². The first-order valence-electron chi connectivity index (χ1n) is 28.7. The average Bonchev–Trinajstić information content (AvgIpc) is 4.27. The van der Waals surface area contributed by atoms with Gasteiger partial charge in [-0.15, -0.1) is 6.42 Å². The monoisotopic (exact) mass is 1080 g/mol. The maximum absolute atomic E-state index is 16.9. The van der Waals surface area contributed by atoms with Gasteiger partial charge < -0.3 is 28.9 Å². The van der Waals surface area contributed by atoms with Gasteiger partial charge in [-0.2, -0.15) is 15.1 Å². The summed E-state index contributed by atoms with van der Waals surface area (Å²) in [5, 5.41) is 9.88. The van der Waals surface area contributed by atoms with Crippen LogP contribution in [0.2, 0.25) is 0 Å². The molecule has 0 spiro atoms. The molecule has 0 aliphatic carbocycles. The van der Waals surface area contributed by atoms with Crippen molar-refractivity contribution in [1.82, 2.24) is 39.8 Å². The number of fused-ring (bicyclic) bond motifs is 5. The molecule has 0 radical (unpaired) electrons. The second-order valence-electron chi connectivity index (χ2n) is 22.1. The Morgan fingerprint density at radius 1 is 0.873 bits per heavy atom. The van der Waals surface area contributed by atoms with Crippen LogP contribution in [0.4, 0.5) is 25.1 Å². The number of imide groups is 1. The molecule has 3 aromatic heterocycles. The number of rotatable bonds is 7. The molecule has 16 nitrogen and oxygen atoms in total. The van der Waals surface area contributed by atoms with Crippen LogP contribution in [0, 0.1) is 35.8 Å². The lowest BCUT2D eigenvalue weighted by molar-refractivity contribution is -0.134. The number of aryl methyl sites for hydroxylation is 2. The van der Waals surface area contributed by atoms with Gasteiger partial charge in [-0.1, -0.05) is 44.0 Å². The fraction of sp³-hybridized carbons (Fsp3) is 0.525. The summed E-state index contributed by atoms with van der Waals surface area (Å²) in [6.07, 6.45) is 17.5. The summed E-state index contributed by atoms with van der Waals surface area (Å²) < 4.78 is 50.8. The van der Waals surface area contributed by atoms with Crippen molar-refractivity contribution < 1.29 is 37.4 Å². The smallest absolute Gasteiger partial charge is 0.409 e. The Balaban J connectivity index is 0.000000167. The Bertz CT molecular complexity index is 3320. The molecule has 3 amide bonds. The van der Waals surface area contributed by atoms with Gasteiger partial charge in [0.05, 0.1) is 59.1 Å². The summed E-state index contributed by atoms with van der Waals surface area (Å²) in [5.74, 6) is 2.57. The second-order valence-corrected chi connectivity index (χ2v) is 22.1. The number of carbonyl (C=O) groups is 3. The fourth-order valence-electron chi connectivity index (χ4n) is 13.8. The number of anilines is 2. The van der Waals surface area contributed by atoms with Crippen molar-refractivity contribution >= 4 is 62.0 Å². The SMILES string of the molecule is C#Cc1c(F)ccc2cccc(-c3nc4c5c(nc(OCC67CCCN6CCC7)nc5c3F)N3CCCOCC3CC4)c12.CC.COC(=O)N1CCC(C2CCN(c3ccc4c(C5CCC(=O)NC5=O)nn(C)c4c3)CC2)CC1. The predicted molar refractivity (Wildman–Crippen MR) is 300 cm³/mol. The number of amides is 3. The van der Waals surface area contributed by atoms with E-state index in [-0.39, 0.29) is 58.2 Å². The molecule has 3 aromatic carbocycles. The van der Waals surface area contributed by atoms with Crippen LogP contribution in [0.15, 0.2) is 48.5 Å². The second kappa shape index (κ2) is 23.0. The summed E-state index contributed by atoms with van der Waals surface area (Å²) in [5.41, 5.74) is 4.48. The normalized spacial score (nSPS) is 21.5. The van der Waals surface area contributed by atoms with Crippen LogP contribution in [0.3, 0.4) is 0 Å². The lowest BCUT2D eigenvalue weighted by Crippen LogP contribution is -2.43. The number of ether oxygens (including phenoxy) is 3. The van der Waals surface area contributed by atoms with Gasteiger partial charge in [0.15, 0.2) is 5.82 Å². The summed E-state index contributed by atoms with van der Waals surface area (Å²) in [6.45, 7) is 12.3. The van der Waals surface area contributed by atoms with Crippen LogP contribution in [0.5, 0.6) is 6.01 Å². The minimum Gasteiger partial charge on any atom is -0.461 e. The molecule has 18 heteroatoms. The van der Waals surface area contributed by atoms with E-state index in [9.17, 15) is 18.8 Å². The Morgan fingerprint density at radius 3 is 2.37 bits per heavy atom. The largest absolute Gasteiger partial charge is 0.461 e. The average molecular weight is 1080 g/mol. The van der Waals surface area contributed by atoms with Gasteiger partial charge in [0, 0.05) is 74.8 Å². The van der Waals surface area contributed by atoms with Crippen molar-refractivity contribution in [3.8, 4) is 29.6 Å². The number of pyridine rings is 1. The Morgan fingerprint density at radius 2 is 1.63 bits per heavy atom. The number of nitrogens with zero attached hydrogens (tertiary/aromatic N) is 9. The van der Waals surface area contributed by atoms with Crippen molar-refractivity contribution in [3.63, 3.8) is 0 Å². The summed E-state index contributed by atoms with van der Waals surface area (Å²) in [7, 11) is 3.36. The van der Waals surface area contributed by atoms with Crippen LogP contribution < -0.4 is 19.9 Å². The van der Waals surface area contributed by atoms with E-state index in [4.69, 9.17) is 35.6 Å². The number of aromatic nitrogens is 5. The fourth-order valence-corrected chi connectivity index (χ4v) is 13.8. The molecule has 10 heterocycles. The highest BCUT2D eigenvalue weighted by Gasteiger charge is 2.45. The molecule has 7 aliphatic rings. The molecular weight excluding hydrogens is 1010 g/mol. The number of hydrogen-bond acceptors (Lipinski definition) is 13. The molecule has 79 heavy (non-hydrogen) atoms. The van der Waals surface area contributed by atoms with Gasteiger partial charge in [0.1, 0.15) is 29.5 Å². The predicted octanol–water partition coefficient (Wildman–Crippen LogP) is 9.47. The number of terminal acetylenes is 1. The summed E-state index contributed by atoms with van der Waals surface area (Å²) in [6, 6.07) is 15.0. The summed E-state index contributed by atoms with van der Waals surface area (Å²) in [4.78, 5) is 59.3. The van der Waals surface area contributed by atoms with Crippen LogP contribution in [0.1, 0.15) is 114 Å². The molecule has 6 fully saturated rings. The van der Waals surface area contributed by atoms with E-state index in [1.165, 1.54) is 18.9 Å². The minimum atomic E-state index is -0.585. The maximum atomic E-state index is 16.9. The highest BCUT2D eigenvalue weighted by molar-refractivity contribution is 6.04. The van der Waals surface area contributed by atoms with Crippen LogP contribution >= 0.6 is 0 Å². The van der Waals surface area contributed by atoms with Gasteiger partial charge >= 0.3 is 12.1 Å². The highest BCUT2D eigenvalue weighted by Crippen LogP contribution is 2.43. The van der Waals surface area contributed by atoms with Crippen LogP contribution in [-0.2, 0) is 32.5 Å². The number of halogens is 2. The Hall–Kier alpha value is -6.97. The molecule has 0 saturated carbocycles. The first-order valence-corrected chi connectivity index (χ1v) is 28.7. The maximum Gasteiger partial charge on any atom is 0.409 e. The van der Waals surface area contributed by atoms with Gasteiger partial charge in [0.2, 0.25) is 11.8 Å². The third-order valence-electron chi connectivity index (χ3n) is 17.9. The van der Waals surface area contributed by atoms with E-state index >= 15 is 4.39 Å². The van der Waals surface area contributed by atoms with E-state index < -0.39 is 11.6 Å². The molecule has 6 saturated heterocycles. The zero-order valence-electron chi connectivity index (χ0n) is 46.0. The van der Waals surface area contributed by atoms with Crippen molar-refractivity contribution in [1.29, 1.82) is 0 Å². The lowest BCUT2D eigenvalue weighted by Gasteiger charge is -2.40. The van der Waals surface area contributed by atoms with Gasteiger partial charge in [-0.05, 0) is 132 Å². The van der Waals surface area contributed by atoms with E-state index in [1.54, 1.807) is 12.1 Å². The topological polar surface area (TPSA) is 160 Å². The molecule has 416 valence electrons. The minimum absolute atomic E-state index is 0.00280. The number of carbonyl (C=O) groups excluding carboxylic acids is 3. The molecule has 0 bridgehead atoms. The zero-order valence-corrected chi connectivity index (χ0v) is 46.0. The van der Waals surface area contributed by atoms with E-state index in [0.717, 1.165) is 127 Å². The van der Waals surface area contributed by atoms with E-state index in [1.807, 2.05) is 42.6 Å². The zero-order chi connectivity index (χ0) is 55.0. The number of hydrogen-bond donors (Lipinski definition) is 1. The molecule has 7 aliphatic heterocycles. The molecular formula is C61H72F2N10O6. The Labute approximate surface area is 460 Å². The highest BCUT2D eigenvalue weighted by atomic mass is 19.1. The van der Waals surface area contributed by atoms with Crippen molar-refractivity contribution in [3.05, 3.63) is 77.1 Å². The number of benzene rings is 3. The molecule has 2 atom stereocenters. The van der Waals surface area contributed by atoms with Crippen molar-refractivity contribution in [2.75, 3.05) is 82.5 Å². The van der Waals surface area contributed by atoms with E-state index in [0.29, 0.717) is 84.2 Å². The van der Waals surface area contributed by atoms with Gasteiger partial charge in [-0.25, -0.2) is 18.6 Å². The Kier molecular flexibility index (Phi) is 15.7. The number of piperidine rings is 3. The molecule has 13 rings (SSSR count). The standard InChI is InChI=1S/C34H33F2N5O2.C25H33N5O4.C2H6/c1-2-23-25(35)11-9-21-7-3-8-24(27(21)23)30-29(36)31-28-26(37-30)12-10-22-19-42-18-6-17-41(22)32(28)39-33(38-31)43-20-34-13-4-15-40(34)16-5-14-34;1-28-21-15-18(3-4-19(21)23(27-28)20-5-6-22(31)26-24(20)32)29-11-7-16(8-12-29)17-9-13-30(14-10-17)25(33)34-2;1-2/h1,3,7-9,11,22H,4-6,10,12-20H2;3-4,15-17,20H,5-14H2,1-2H3,(H,26,31,32);1-2H3. The lowest BCUT2D eigenvalue weighted by atomic mass is 9.79. The van der Waals surface area contributed by atoms with E-state index in [2.05, 4.69) is 49.2 Å². The summed E-state index contributed by atoms with van der Waals surface area (Å²) >= 11 is 0. The van der Waals surface area contributed by atoms with Crippen molar-refractivity contribution in [2.45, 2.75) is 115 Å². The molecule has 2 unspecified atom stereocenters. The first-order chi connectivity index (χ1) is 38.5. The quantitative estimate of drug-likeness (QED) is 0.119. The number of likely N-dealkylation sites (tertiary alicyclic amines) is 1. The third-order valence-corrected chi connectivity index (χ3v) is 17.9. The van der Waals surface area contributed by atoms with Crippen LogP contribution in [0.25, 0.3) is 43.8 Å². The number of methoxy groups -OCH3 is 1. The third kappa shape index (κ3) is 10.3. The van der Waals surface area contributed by atoms with Gasteiger partial charge in [0.25, 0.3) is 0 Å². The molecule has 1 N–H and O–H groups in total.